The van der Waals surface area contributed by atoms with Gasteiger partial charge in [-0.25, -0.2) is 0 Å². The van der Waals surface area contributed by atoms with E-state index in [1.165, 1.54) is 16.7 Å². The average molecular weight is 302 g/mol. The van der Waals surface area contributed by atoms with Gasteiger partial charge < -0.3 is 11.1 Å². The summed E-state index contributed by atoms with van der Waals surface area (Å²) in [5, 5.41) is 3.18. The summed E-state index contributed by atoms with van der Waals surface area (Å²) in [5.74, 6) is 0.0739. The first kappa shape index (κ1) is 17.0. The van der Waals surface area contributed by atoms with Gasteiger partial charge in [-0.05, 0) is 58.1 Å². The van der Waals surface area contributed by atoms with Crippen molar-refractivity contribution in [1.29, 1.82) is 0 Å². The normalized spacial score (nSPS) is 26.5. The molecule has 3 nitrogen and oxygen atoms in total. The zero-order chi connectivity index (χ0) is 16.3. The molecule has 0 aromatic heterocycles. The molecule has 1 amide bonds. The summed E-state index contributed by atoms with van der Waals surface area (Å²) in [7, 11) is 0. The van der Waals surface area contributed by atoms with Gasteiger partial charge >= 0.3 is 0 Å². The van der Waals surface area contributed by atoms with Crippen molar-refractivity contribution in [2.24, 2.45) is 11.7 Å². The van der Waals surface area contributed by atoms with E-state index in [2.05, 4.69) is 44.3 Å². The lowest BCUT2D eigenvalue weighted by Crippen LogP contribution is -2.54. The molecule has 0 bridgehead atoms. The molecular weight excluding hydrogens is 272 g/mol. The van der Waals surface area contributed by atoms with Gasteiger partial charge in [-0.2, -0.15) is 0 Å². The van der Waals surface area contributed by atoms with E-state index in [1.54, 1.807) is 0 Å². The fraction of sp³-hybridized carbons (Fsp3) is 0.632. The first-order valence-electron chi connectivity index (χ1n) is 8.45. The molecule has 3 heteroatoms. The quantitative estimate of drug-likeness (QED) is 0.897. The van der Waals surface area contributed by atoms with Crippen LogP contribution in [0.4, 0.5) is 0 Å². The zero-order valence-electron chi connectivity index (χ0n) is 14.4. The van der Waals surface area contributed by atoms with Crippen LogP contribution in [0.25, 0.3) is 0 Å². The van der Waals surface area contributed by atoms with E-state index in [-0.39, 0.29) is 23.4 Å². The molecule has 0 radical (unpaired) electrons. The van der Waals surface area contributed by atoms with E-state index < -0.39 is 0 Å². The third-order valence-corrected chi connectivity index (χ3v) is 4.98. The fourth-order valence-corrected chi connectivity index (χ4v) is 3.59. The van der Waals surface area contributed by atoms with Crippen molar-refractivity contribution in [3.63, 3.8) is 0 Å². The molecule has 1 aromatic carbocycles. The molecule has 0 aliphatic heterocycles. The van der Waals surface area contributed by atoms with Crippen LogP contribution >= 0.6 is 0 Å². The van der Waals surface area contributed by atoms with Gasteiger partial charge in [0.1, 0.15) is 0 Å². The summed E-state index contributed by atoms with van der Waals surface area (Å²) < 4.78 is 0. The molecule has 0 heterocycles. The van der Waals surface area contributed by atoms with Gasteiger partial charge in [0, 0.05) is 11.6 Å². The van der Waals surface area contributed by atoms with Crippen LogP contribution in [0.1, 0.15) is 56.2 Å². The van der Waals surface area contributed by atoms with Crippen molar-refractivity contribution >= 4 is 5.91 Å². The predicted octanol–water partition coefficient (Wildman–Crippen LogP) is 3.26. The Morgan fingerprint density at radius 2 is 2.14 bits per heavy atom. The molecule has 2 rings (SSSR count). The van der Waals surface area contributed by atoms with E-state index in [9.17, 15) is 4.79 Å². The Labute approximate surface area is 134 Å². The van der Waals surface area contributed by atoms with Gasteiger partial charge in [-0.3, -0.25) is 4.79 Å². The zero-order valence-corrected chi connectivity index (χ0v) is 14.4. The number of nitrogens with two attached hydrogens (primary N) is 1. The van der Waals surface area contributed by atoms with Crippen LogP contribution in [0.5, 0.6) is 0 Å². The Hall–Kier alpha value is -1.35. The van der Waals surface area contributed by atoms with Crippen LogP contribution in [0.3, 0.4) is 0 Å². The molecule has 1 aromatic rings. The van der Waals surface area contributed by atoms with Crippen LogP contribution in [0.2, 0.25) is 0 Å². The number of nitrogens with one attached hydrogen (secondary N) is 1. The Kier molecular flexibility index (Phi) is 5.28. The van der Waals surface area contributed by atoms with E-state index in [1.807, 2.05) is 6.92 Å². The number of rotatable bonds is 4. The topological polar surface area (TPSA) is 55.1 Å². The molecule has 1 fully saturated rings. The molecular formula is C19H30N2O. The van der Waals surface area contributed by atoms with Crippen LogP contribution in [-0.2, 0) is 11.2 Å². The molecule has 1 aliphatic carbocycles. The van der Waals surface area contributed by atoms with E-state index in [0.29, 0.717) is 0 Å². The van der Waals surface area contributed by atoms with Crippen molar-refractivity contribution in [2.45, 2.75) is 71.4 Å². The maximum atomic E-state index is 12.6. The van der Waals surface area contributed by atoms with Crippen molar-refractivity contribution in [3.05, 3.63) is 34.9 Å². The summed E-state index contributed by atoms with van der Waals surface area (Å²) in [6.45, 7) is 8.33. The molecule has 3 atom stereocenters. The van der Waals surface area contributed by atoms with Gasteiger partial charge in [0.25, 0.3) is 0 Å². The number of benzene rings is 1. The summed E-state index contributed by atoms with van der Waals surface area (Å²) in [4.78, 5) is 12.6. The number of carbonyl (C=O) groups excluding carboxylic acids is 1. The summed E-state index contributed by atoms with van der Waals surface area (Å²) in [6, 6.07) is 6.63. The third kappa shape index (κ3) is 4.10. The number of hydrogen-bond acceptors (Lipinski definition) is 2. The van der Waals surface area contributed by atoms with Gasteiger partial charge in [-0.1, -0.05) is 36.6 Å². The Bertz CT molecular complexity index is 536. The van der Waals surface area contributed by atoms with Gasteiger partial charge in [0.15, 0.2) is 0 Å². The summed E-state index contributed by atoms with van der Waals surface area (Å²) >= 11 is 0. The van der Waals surface area contributed by atoms with Crippen LogP contribution in [-0.4, -0.2) is 17.5 Å². The lowest BCUT2D eigenvalue weighted by molar-refractivity contribution is -0.128. The largest absolute Gasteiger partial charge is 0.353 e. The average Bonchev–Trinajstić information content (AvgIpc) is 2.41. The highest BCUT2D eigenvalue weighted by Gasteiger charge is 2.37. The molecule has 1 aliphatic rings. The number of carbonyl (C=O) groups is 1. The van der Waals surface area contributed by atoms with Crippen molar-refractivity contribution in [3.8, 4) is 0 Å². The van der Waals surface area contributed by atoms with Crippen LogP contribution in [0, 0.1) is 19.8 Å². The second kappa shape index (κ2) is 6.82. The molecule has 1 saturated carbocycles. The standard InChI is InChI=1S/C19H30N2O/c1-13-8-9-16(14(2)11-13)12-15(3)21-18(22)17-7-5-6-10-19(17,4)20/h8-9,11,15,17H,5-7,10,12,20H2,1-4H3,(H,21,22). The summed E-state index contributed by atoms with van der Waals surface area (Å²) in [5.41, 5.74) is 9.85. The van der Waals surface area contributed by atoms with E-state index >= 15 is 0 Å². The van der Waals surface area contributed by atoms with Gasteiger partial charge in [0.05, 0.1) is 5.92 Å². The number of hydrogen-bond donors (Lipinski definition) is 2. The maximum absolute atomic E-state index is 12.6. The second-order valence-electron chi connectivity index (χ2n) is 7.35. The SMILES string of the molecule is Cc1ccc(CC(C)NC(=O)C2CCCCC2(C)N)c(C)c1. The van der Waals surface area contributed by atoms with Gasteiger partial charge in [0.2, 0.25) is 5.91 Å². The Morgan fingerprint density at radius 3 is 2.77 bits per heavy atom. The second-order valence-corrected chi connectivity index (χ2v) is 7.35. The molecule has 3 N–H and O–H groups in total. The highest BCUT2D eigenvalue weighted by atomic mass is 16.2. The van der Waals surface area contributed by atoms with E-state index in [0.717, 1.165) is 32.1 Å². The first-order valence-corrected chi connectivity index (χ1v) is 8.45. The Morgan fingerprint density at radius 1 is 1.41 bits per heavy atom. The van der Waals surface area contributed by atoms with Crippen molar-refractivity contribution in [2.75, 3.05) is 0 Å². The first-order chi connectivity index (χ1) is 10.3. The molecule has 3 unspecified atom stereocenters. The van der Waals surface area contributed by atoms with Gasteiger partial charge in [-0.15, -0.1) is 0 Å². The minimum atomic E-state index is -0.359. The highest BCUT2D eigenvalue weighted by molar-refractivity contribution is 5.80. The van der Waals surface area contributed by atoms with E-state index in [4.69, 9.17) is 5.73 Å². The smallest absolute Gasteiger partial charge is 0.225 e. The molecule has 0 saturated heterocycles. The third-order valence-electron chi connectivity index (χ3n) is 4.98. The lowest BCUT2D eigenvalue weighted by atomic mass is 9.74. The Balaban J connectivity index is 1.96. The van der Waals surface area contributed by atoms with Crippen molar-refractivity contribution in [1.82, 2.24) is 5.32 Å². The number of amides is 1. The minimum Gasteiger partial charge on any atom is -0.353 e. The monoisotopic (exact) mass is 302 g/mol. The minimum absolute atomic E-state index is 0.0529. The molecule has 22 heavy (non-hydrogen) atoms. The van der Waals surface area contributed by atoms with Crippen LogP contribution in [0.15, 0.2) is 18.2 Å². The lowest BCUT2D eigenvalue weighted by Gasteiger charge is -2.37. The van der Waals surface area contributed by atoms with Crippen molar-refractivity contribution < 1.29 is 4.79 Å². The van der Waals surface area contributed by atoms with Crippen LogP contribution < -0.4 is 11.1 Å². The molecule has 0 spiro atoms. The molecule has 122 valence electrons. The fourth-order valence-electron chi connectivity index (χ4n) is 3.59. The predicted molar refractivity (Wildman–Crippen MR) is 91.8 cm³/mol. The summed E-state index contributed by atoms with van der Waals surface area (Å²) in [6.07, 6.45) is 4.96. The highest BCUT2D eigenvalue weighted by Crippen LogP contribution is 2.31. The maximum Gasteiger partial charge on any atom is 0.225 e. The number of aryl methyl sites for hydroxylation is 2.